The van der Waals surface area contributed by atoms with E-state index in [0.29, 0.717) is 31.9 Å². The Bertz CT molecular complexity index is 863. The maximum absolute atomic E-state index is 14.0. The normalized spacial score (nSPS) is 30.4. The van der Waals surface area contributed by atoms with E-state index in [1.54, 1.807) is 23.1 Å². The molecule has 2 saturated heterocycles. The zero-order valence-corrected chi connectivity index (χ0v) is 16.2. The number of nitrogens with zero attached hydrogens (tertiary/aromatic N) is 3. The van der Waals surface area contributed by atoms with Crippen molar-refractivity contribution in [1.82, 2.24) is 9.80 Å². The lowest BCUT2D eigenvalue weighted by atomic mass is 9.85. The molecule has 5 rings (SSSR count). The van der Waals surface area contributed by atoms with E-state index in [9.17, 15) is 18.8 Å². The summed E-state index contributed by atoms with van der Waals surface area (Å²) in [5.41, 5.74) is 0.558. The molecule has 0 radical (unpaired) electrons. The zero-order valence-electron chi connectivity index (χ0n) is 16.2. The Balaban J connectivity index is 1.15. The summed E-state index contributed by atoms with van der Waals surface area (Å²) in [6, 6.07) is 6.65. The number of hydrogen-bond acceptors (Lipinski definition) is 4. The molecular formula is C22H24FN3O3. The van der Waals surface area contributed by atoms with Crippen LogP contribution in [0.4, 0.5) is 10.1 Å². The monoisotopic (exact) mass is 397 g/mol. The number of carbonyl (C=O) groups is 3. The van der Waals surface area contributed by atoms with Crippen molar-refractivity contribution in [3.05, 3.63) is 42.2 Å². The predicted molar refractivity (Wildman–Crippen MR) is 104 cm³/mol. The highest BCUT2D eigenvalue weighted by atomic mass is 19.1. The van der Waals surface area contributed by atoms with Crippen molar-refractivity contribution in [2.45, 2.75) is 12.8 Å². The van der Waals surface area contributed by atoms with Gasteiger partial charge in [0.05, 0.1) is 17.5 Å². The van der Waals surface area contributed by atoms with E-state index in [2.05, 4.69) is 12.2 Å². The summed E-state index contributed by atoms with van der Waals surface area (Å²) in [6.07, 6.45) is 5.20. The Morgan fingerprint density at radius 3 is 2.21 bits per heavy atom. The molecule has 2 bridgehead atoms. The molecule has 1 aromatic carbocycles. The van der Waals surface area contributed by atoms with Crippen molar-refractivity contribution in [3.63, 3.8) is 0 Å². The summed E-state index contributed by atoms with van der Waals surface area (Å²) in [4.78, 5) is 43.1. The van der Waals surface area contributed by atoms with E-state index in [1.165, 1.54) is 11.0 Å². The molecule has 6 nitrogen and oxygen atoms in total. The van der Waals surface area contributed by atoms with Crippen LogP contribution in [0, 0.1) is 29.5 Å². The summed E-state index contributed by atoms with van der Waals surface area (Å²) < 4.78 is 14.0. The molecule has 1 saturated carbocycles. The van der Waals surface area contributed by atoms with Crippen LogP contribution in [0.15, 0.2) is 36.4 Å². The number of imide groups is 1. The molecule has 4 aliphatic rings. The molecule has 1 aromatic rings. The highest BCUT2D eigenvalue weighted by Gasteiger charge is 2.59. The molecule has 3 fully saturated rings. The number of likely N-dealkylation sites (tertiary alicyclic amines) is 1. The van der Waals surface area contributed by atoms with Crippen molar-refractivity contribution in [3.8, 4) is 0 Å². The molecule has 2 aliphatic carbocycles. The van der Waals surface area contributed by atoms with E-state index >= 15 is 0 Å². The van der Waals surface area contributed by atoms with Gasteiger partial charge in [-0.1, -0.05) is 24.3 Å². The molecule has 152 valence electrons. The second kappa shape index (κ2) is 6.97. The summed E-state index contributed by atoms with van der Waals surface area (Å²) in [5.74, 6) is -0.566. The van der Waals surface area contributed by atoms with Crippen LogP contribution in [0.3, 0.4) is 0 Å². The average Bonchev–Trinajstić information content (AvgIpc) is 3.41. The first-order chi connectivity index (χ1) is 14.0. The van der Waals surface area contributed by atoms with Crippen molar-refractivity contribution < 1.29 is 18.8 Å². The Hall–Kier alpha value is -2.70. The highest BCUT2D eigenvalue weighted by Crippen LogP contribution is 2.52. The lowest BCUT2D eigenvalue weighted by molar-refractivity contribution is -0.141. The van der Waals surface area contributed by atoms with E-state index in [1.807, 2.05) is 4.90 Å². The van der Waals surface area contributed by atoms with Crippen LogP contribution >= 0.6 is 0 Å². The lowest BCUT2D eigenvalue weighted by Gasteiger charge is -2.36. The quantitative estimate of drug-likeness (QED) is 0.573. The number of benzene rings is 1. The fourth-order valence-corrected chi connectivity index (χ4v) is 5.45. The number of piperazine rings is 1. The third-order valence-corrected chi connectivity index (χ3v) is 6.94. The minimum atomic E-state index is -0.257. The number of hydrogen-bond donors (Lipinski definition) is 0. The van der Waals surface area contributed by atoms with Crippen molar-refractivity contribution in [2.24, 2.45) is 23.7 Å². The molecule has 29 heavy (non-hydrogen) atoms. The molecule has 4 atom stereocenters. The summed E-state index contributed by atoms with van der Waals surface area (Å²) in [6.45, 7) is 2.31. The third-order valence-electron chi connectivity index (χ3n) is 6.94. The first-order valence-corrected chi connectivity index (χ1v) is 10.4. The number of carbonyl (C=O) groups excluding carboxylic acids is 3. The standard InChI is InChI=1S/C22H24FN3O3/c23-16-3-1-2-4-17(16)24-9-11-25(12-10-24)18(27)7-8-26-21(28)19-14-5-6-15(13-14)20(19)22(26)29/h1-6,14-15,19-20H,7-13H2/t14-,15-,19-,20+/m0/s1. The first-order valence-electron chi connectivity index (χ1n) is 10.4. The van der Waals surface area contributed by atoms with Crippen LogP contribution in [0.5, 0.6) is 0 Å². The van der Waals surface area contributed by atoms with Crippen molar-refractivity contribution >= 4 is 23.4 Å². The van der Waals surface area contributed by atoms with Crippen molar-refractivity contribution in [2.75, 3.05) is 37.6 Å². The SMILES string of the molecule is O=C(CCN1C(=O)[C@@H]2[C@H](C1=O)[C@H]1C=C[C@H]2C1)N1CCN(c2ccccc2F)CC1. The molecule has 2 aliphatic heterocycles. The van der Waals surface area contributed by atoms with Crippen LogP contribution < -0.4 is 4.90 Å². The van der Waals surface area contributed by atoms with Gasteiger partial charge >= 0.3 is 0 Å². The number of rotatable bonds is 4. The number of halogens is 1. The lowest BCUT2D eigenvalue weighted by Crippen LogP contribution is -2.49. The van der Waals surface area contributed by atoms with E-state index in [-0.39, 0.29) is 60.2 Å². The van der Waals surface area contributed by atoms with Crippen molar-refractivity contribution in [1.29, 1.82) is 0 Å². The minimum Gasteiger partial charge on any atom is -0.366 e. The summed E-state index contributed by atoms with van der Waals surface area (Å²) in [7, 11) is 0. The number of fused-ring (bicyclic) bond motifs is 5. The smallest absolute Gasteiger partial charge is 0.233 e. The van der Waals surface area contributed by atoms with Gasteiger partial charge in [0.1, 0.15) is 5.82 Å². The average molecular weight is 397 g/mol. The number of allylic oxidation sites excluding steroid dienone is 2. The number of para-hydroxylation sites is 1. The van der Waals surface area contributed by atoms with Gasteiger partial charge in [-0.2, -0.15) is 0 Å². The number of anilines is 1. The molecule has 0 spiro atoms. The van der Waals surface area contributed by atoms with Gasteiger partial charge in [-0.3, -0.25) is 19.3 Å². The molecule has 0 unspecified atom stereocenters. The Labute approximate surface area is 168 Å². The maximum Gasteiger partial charge on any atom is 0.233 e. The van der Waals surface area contributed by atoms with Gasteiger partial charge in [-0.15, -0.1) is 0 Å². The molecular weight excluding hydrogens is 373 g/mol. The Morgan fingerprint density at radius 1 is 0.966 bits per heavy atom. The fourth-order valence-electron chi connectivity index (χ4n) is 5.45. The number of amides is 3. The Morgan fingerprint density at radius 2 is 1.59 bits per heavy atom. The molecule has 7 heteroatoms. The fraction of sp³-hybridized carbons (Fsp3) is 0.500. The molecule has 3 amide bonds. The van der Waals surface area contributed by atoms with Gasteiger partial charge in [0.2, 0.25) is 17.7 Å². The maximum atomic E-state index is 14.0. The molecule has 0 aromatic heterocycles. The first kappa shape index (κ1) is 18.3. The van der Waals surface area contributed by atoms with E-state index in [0.717, 1.165) is 6.42 Å². The zero-order chi connectivity index (χ0) is 20.1. The van der Waals surface area contributed by atoms with Gasteiger partial charge in [0, 0.05) is 39.1 Å². The molecule has 0 N–H and O–H groups in total. The second-order valence-electron chi connectivity index (χ2n) is 8.40. The van der Waals surface area contributed by atoms with Gasteiger partial charge in [-0.25, -0.2) is 4.39 Å². The van der Waals surface area contributed by atoms with Crippen LogP contribution in [0.2, 0.25) is 0 Å². The molecule has 2 heterocycles. The second-order valence-corrected chi connectivity index (χ2v) is 8.40. The Kier molecular flexibility index (Phi) is 4.41. The van der Waals surface area contributed by atoms with E-state index in [4.69, 9.17) is 0 Å². The van der Waals surface area contributed by atoms with E-state index < -0.39 is 0 Å². The van der Waals surface area contributed by atoms with Crippen LogP contribution in [-0.2, 0) is 14.4 Å². The van der Waals surface area contributed by atoms with Gasteiger partial charge < -0.3 is 9.80 Å². The largest absolute Gasteiger partial charge is 0.366 e. The summed E-state index contributed by atoms with van der Waals surface area (Å²) >= 11 is 0. The van der Waals surface area contributed by atoms with Gasteiger partial charge in [0.25, 0.3) is 0 Å². The topological polar surface area (TPSA) is 60.9 Å². The van der Waals surface area contributed by atoms with Gasteiger partial charge in [-0.05, 0) is 30.4 Å². The minimum absolute atomic E-state index is 0.0584. The van der Waals surface area contributed by atoms with Gasteiger partial charge in [0.15, 0.2) is 0 Å². The van der Waals surface area contributed by atoms with Crippen LogP contribution in [-0.4, -0.2) is 60.2 Å². The highest BCUT2D eigenvalue weighted by molar-refractivity contribution is 6.06. The predicted octanol–water partition coefficient (Wildman–Crippen LogP) is 1.67. The van der Waals surface area contributed by atoms with Crippen LogP contribution in [0.25, 0.3) is 0 Å². The van der Waals surface area contributed by atoms with Crippen LogP contribution in [0.1, 0.15) is 12.8 Å². The third kappa shape index (κ3) is 2.94. The summed E-state index contributed by atoms with van der Waals surface area (Å²) in [5, 5.41) is 0.